The molecule has 4 rings (SSSR count). The van der Waals surface area contributed by atoms with Crippen molar-refractivity contribution in [2.24, 2.45) is 0 Å². The Kier molecular flexibility index (Phi) is 4.16. The molecule has 25 heavy (non-hydrogen) atoms. The average Bonchev–Trinajstić information content (AvgIpc) is 3.23. The Morgan fingerprint density at radius 3 is 2.56 bits per heavy atom. The van der Waals surface area contributed by atoms with Crippen molar-refractivity contribution < 1.29 is 9.15 Å². The van der Waals surface area contributed by atoms with Gasteiger partial charge < -0.3 is 14.5 Å². The lowest BCUT2D eigenvalue weighted by atomic mass is 10.3. The number of oxazole rings is 1. The summed E-state index contributed by atoms with van der Waals surface area (Å²) in [6.45, 7) is 0. The van der Waals surface area contributed by atoms with Crippen LogP contribution in [0.2, 0.25) is 0 Å². The minimum Gasteiger partial charge on any atom is -0.439 e. The summed E-state index contributed by atoms with van der Waals surface area (Å²) in [5, 5.41) is 3.20. The number of nitrogens with one attached hydrogen (secondary N) is 1. The molecule has 1 aliphatic rings. The van der Waals surface area contributed by atoms with Crippen LogP contribution in [0, 0.1) is 0 Å². The smallest absolute Gasteiger partial charge is 0.219 e. The molecule has 1 aliphatic heterocycles. The Hall–Kier alpha value is -3.53. The van der Waals surface area contributed by atoms with Gasteiger partial charge in [0.05, 0.1) is 5.69 Å². The number of anilines is 1. The van der Waals surface area contributed by atoms with Crippen molar-refractivity contribution in [2.45, 2.75) is 0 Å². The predicted octanol–water partition coefficient (Wildman–Crippen LogP) is 5.30. The Balaban J connectivity index is 1.32. The van der Waals surface area contributed by atoms with Crippen molar-refractivity contribution in [3.05, 3.63) is 96.8 Å². The van der Waals surface area contributed by atoms with Crippen LogP contribution in [0.15, 0.2) is 95.3 Å². The first-order valence-corrected chi connectivity index (χ1v) is 8.00. The Labute approximate surface area is 145 Å². The number of fused-ring (bicyclic) bond motifs is 2. The maximum absolute atomic E-state index is 5.66. The molecule has 0 spiro atoms. The fourth-order valence-corrected chi connectivity index (χ4v) is 2.45. The summed E-state index contributed by atoms with van der Waals surface area (Å²) in [5.41, 5.74) is 2.64. The summed E-state index contributed by atoms with van der Waals surface area (Å²) in [4.78, 5) is 4.38. The summed E-state index contributed by atoms with van der Waals surface area (Å²) in [5.74, 6) is 2.16. The molecule has 1 aromatic heterocycles. The SMILES string of the molecule is C(=CC=Cc1nc2ccccc2o1)C=CC=C1Nc2ccccc2O1. The number of ether oxygens (including phenoxy) is 1. The van der Waals surface area contributed by atoms with E-state index in [0.29, 0.717) is 11.8 Å². The zero-order chi connectivity index (χ0) is 16.9. The fourth-order valence-electron chi connectivity index (χ4n) is 2.45. The lowest BCUT2D eigenvalue weighted by Gasteiger charge is -1.94. The molecule has 0 saturated carbocycles. The van der Waals surface area contributed by atoms with Gasteiger partial charge in [-0.3, -0.25) is 0 Å². The van der Waals surface area contributed by atoms with E-state index in [9.17, 15) is 0 Å². The highest BCUT2D eigenvalue weighted by atomic mass is 16.5. The van der Waals surface area contributed by atoms with Crippen LogP contribution in [0.25, 0.3) is 17.2 Å². The summed E-state index contributed by atoms with van der Waals surface area (Å²) in [6, 6.07) is 15.6. The van der Waals surface area contributed by atoms with Crippen LogP contribution in [0.4, 0.5) is 5.69 Å². The average molecular weight is 328 g/mol. The number of nitrogens with zero attached hydrogens (tertiary/aromatic N) is 1. The van der Waals surface area contributed by atoms with E-state index < -0.39 is 0 Å². The topological polar surface area (TPSA) is 47.3 Å². The quantitative estimate of drug-likeness (QED) is 0.660. The standard InChI is InChI=1S/C21H16N2O2/c1(2-4-14-20-22-16-10-6-8-12-18(16)24-20)3-5-15-21-23-17-11-7-9-13-19(17)25-21/h1-15,22H. The van der Waals surface area contributed by atoms with Crippen LogP contribution in [-0.4, -0.2) is 4.98 Å². The van der Waals surface area contributed by atoms with E-state index in [1.165, 1.54) is 0 Å². The first-order valence-electron chi connectivity index (χ1n) is 8.00. The van der Waals surface area contributed by atoms with Crippen molar-refractivity contribution in [1.29, 1.82) is 0 Å². The van der Waals surface area contributed by atoms with Gasteiger partial charge >= 0.3 is 0 Å². The zero-order valence-electron chi connectivity index (χ0n) is 13.4. The third-order valence-electron chi connectivity index (χ3n) is 3.61. The van der Waals surface area contributed by atoms with Crippen LogP contribution in [-0.2, 0) is 0 Å². The van der Waals surface area contributed by atoms with Gasteiger partial charge in [0.15, 0.2) is 17.2 Å². The van der Waals surface area contributed by atoms with Crippen molar-refractivity contribution in [3.8, 4) is 5.75 Å². The van der Waals surface area contributed by atoms with E-state index in [-0.39, 0.29) is 0 Å². The lowest BCUT2D eigenvalue weighted by molar-refractivity contribution is 0.457. The zero-order valence-corrected chi connectivity index (χ0v) is 13.4. The summed E-state index contributed by atoms with van der Waals surface area (Å²) in [7, 11) is 0. The van der Waals surface area contributed by atoms with Crippen LogP contribution in [0.3, 0.4) is 0 Å². The summed E-state index contributed by atoms with van der Waals surface area (Å²) in [6.07, 6.45) is 13.3. The number of benzene rings is 2. The normalized spacial score (nSPS) is 15.4. The van der Waals surface area contributed by atoms with Gasteiger partial charge in [0.25, 0.3) is 0 Å². The molecular formula is C21H16N2O2. The molecule has 3 aromatic rings. The molecule has 0 amide bonds. The first kappa shape index (κ1) is 15.0. The van der Waals surface area contributed by atoms with Gasteiger partial charge in [0, 0.05) is 6.08 Å². The fraction of sp³-hybridized carbons (Fsp3) is 0. The number of allylic oxidation sites excluding steroid dienone is 6. The van der Waals surface area contributed by atoms with Crippen molar-refractivity contribution in [3.63, 3.8) is 0 Å². The predicted molar refractivity (Wildman–Crippen MR) is 100 cm³/mol. The second kappa shape index (κ2) is 6.93. The van der Waals surface area contributed by atoms with Gasteiger partial charge in [0.1, 0.15) is 5.52 Å². The maximum Gasteiger partial charge on any atom is 0.219 e. The Bertz CT molecular complexity index is 949. The minimum absolute atomic E-state index is 0.596. The number of hydrogen-bond acceptors (Lipinski definition) is 4. The number of para-hydroxylation sites is 4. The molecule has 122 valence electrons. The van der Waals surface area contributed by atoms with E-state index in [2.05, 4.69) is 10.3 Å². The maximum atomic E-state index is 5.66. The molecule has 4 heteroatoms. The molecule has 0 aliphatic carbocycles. The molecule has 0 atom stereocenters. The second-order valence-electron chi connectivity index (χ2n) is 5.40. The monoisotopic (exact) mass is 328 g/mol. The molecule has 2 aromatic carbocycles. The molecule has 0 radical (unpaired) electrons. The molecule has 0 fully saturated rings. The van der Waals surface area contributed by atoms with Crippen molar-refractivity contribution in [2.75, 3.05) is 5.32 Å². The van der Waals surface area contributed by atoms with E-state index in [1.54, 1.807) is 0 Å². The molecule has 1 N–H and O–H groups in total. The second-order valence-corrected chi connectivity index (χ2v) is 5.40. The molecule has 0 unspecified atom stereocenters. The number of hydrogen-bond donors (Lipinski definition) is 1. The molecular weight excluding hydrogens is 312 g/mol. The van der Waals surface area contributed by atoms with Crippen LogP contribution < -0.4 is 10.1 Å². The van der Waals surface area contributed by atoms with Gasteiger partial charge in [-0.1, -0.05) is 54.6 Å². The molecule has 0 saturated heterocycles. The van der Waals surface area contributed by atoms with Gasteiger partial charge in [-0.05, 0) is 30.3 Å². The summed E-state index contributed by atoms with van der Waals surface area (Å²) < 4.78 is 11.3. The minimum atomic E-state index is 0.596. The van der Waals surface area contributed by atoms with E-state index in [1.807, 2.05) is 91.1 Å². The largest absolute Gasteiger partial charge is 0.439 e. The van der Waals surface area contributed by atoms with E-state index in [4.69, 9.17) is 9.15 Å². The highest BCUT2D eigenvalue weighted by Crippen LogP contribution is 2.32. The highest BCUT2D eigenvalue weighted by molar-refractivity contribution is 5.73. The molecule has 2 heterocycles. The van der Waals surface area contributed by atoms with Crippen LogP contribution in [0.1, 0.15) is 5.89 Å². The highest BCUT2D eigenvalue weighted by Gasteiger charge is 2.13. The van der Waals surface area contributed by atoms with E-state index in [0.717, 1.165) is 22.5 Å². The summed E-state index contributed by atoms with van der Waals surface area (Å²) >= 11 is 0. The number of rotatable bonds is 4. The molecule has 4 nitrogen and oxygen atoms in total. The van der Waals surface area contributed by atoms with E-state index >= 15 is 0 Å². The third kappa shape index (κ3) is 3.53. The van der Waals surface area contributed by atoms with Gasteiger partial charge in [-0.15, -0.1) is 0 Å². The van der Waals surface area contributed by atoms with Crippen LogP contribution >= 0.6 is 0 Å². The lowest BCUT2D eigenvalue weighted by Crippen LogP contribution is -1.94. The van der Waals surface area contributed by atoms with Crippen molar-refractivity contribution >= 4 is 22.9 Å². The van der Waals surface area contributed by atoms with Crippen LogP contribution in [0.5, 0.6) is 5.75 Å². The number of aromatic nitrogens is 1. The van der Waals surface area contributed by atoms with Gasteiger partial charge in [-0.2, -0.15) is 0 Å². The molecule has 0 bridgehead atoms. The Morgan fingerprint density at radius 2 is 1.64 bits per heavy atom. The van der Waals surface area contributed by atoms with Gasteiger partial charge in [0.2, 0.25) is 5.89 Å². The van der Waals surface area contributed by atoms with Crippen molar-refractivity contribution in [1.82, 2.24) is 4.98 Å². The first-order chi connectivity index (χ1) is 12.4. The Morgan fingerprint density at radius 1 is 0.840 bits per heavy atom. The third-order valence-corrected chi connectivity index (χ3v) is 3.61. The van der Waals surface area contributed by atoms with Gasteiger partial charge in [-0.25, -0.2) is 4.98 Å².